The maximum absolute atomic E-state index is 11.5. The average Bonchev–Trinajstić information content (AvgIpc) is 2.64. The Balaban J connectivity index is 2.23. The second-order valence-corrected chi connectivity index (χ2v) is 3.29. The van der Waals surface area contributed by atoms with Crippen molar-refractivity contribution in [3.05, 3.63) is 18.0 Å². The molecule has 1 amide bonds. The van der Waals surface area contributed by atoms with Crippen molar-refractivity contribution >= 4 is 5.91 Å². The lowest BCUT2D eigenvalue weighted by molar-refractivity contribution is 0.0947. The van der Waals surface area contributed by atoms with Crippen LogP contribution in [0.4, 0.5) is 0 Å². The zero-order valence-corrected chi connectivity index (χ0v) is 8.86. The van der Waals surface area contributed by atoms with E-state index in [0.717, 1.165) is 19.3 Å². The minimum atomic E-state index is -0.128. The summed E-state index contributed by atoms with van der Waals surface area (Å²) in [5.41, 5.74) is 0.453. The van der Waals surface area contributed by atoms with Gasteiger partial charge in [-0.2, -0.15) is 5.10 Å². The molecule has 1 N–H and O–H groups in total. The van der Waals surface area contributed by atoms with Crippen LogP contribution in [0.1, 0.15) is 29.8 Å². The fraction of sp³-hybridized carbons (Fsp3) is 0.455. The van der Waals surface area contributed by atoms with Gasteiger partial charge in [0.1, 0.15) is 5.69 Å². The van der Waals surface area contributed by atoms with Crippen LogP contribution >= 0.6 is 0 Å². The van der Waals surface area contributed by atoms with Gasteiger partial charge in [0, 0.05) is 26.2 Å². The van der Waals surface area contributed by atoms with Crippen LogP contribution in [0, 0.1) is 12.3 Å². The highest BCUT2D eigenvalue weighted by molar-refractivity contribution is 5.92. The molecule has 0 fully saturated rings. The quantitative estimate of drug-likeness (QED) is 0.574. The first kappa shape index (κ1) is 11.3. The summed E-state index contributed by atoms with van der Waals surface area (Å²) in [5.74, 6) is 2.43. The van der Waals surface area contributed by atoms with Crippen LogP contribution in [0.25, 0.3) is 0 Å². The second kappa shape index (κ2) is 5.86. The Morgan fingerprint density at radius 1 is 1.67 bits per heavy atom. The van der Waals surface area contributed by atoms with Crippen molar-refractivity contribution in [2.24, 2.45) is 7.05 Å². The van der Waals surface area contributed by atoms with Gasteiger partial charge in [0.15, 0.2) is 0 Å². The van der Waals surface area contributed by atoms with E-state index in [1.54, 1.807) is 24.0 Å². The van der Waals surface area contributed by atoms with Gasteiger partial charge in [0.05, 0.1) is 0 Å². The molecule has 0 bridgehead atoms. The molecular formula is C11H15N3O. The Morgan fingerprint density at radius 3 is 3.07 bits per heavy atom. The molecule has 1 heterocycles. The van der Waals surface area contributed by atoms with E-state index in [0.29, 0.717) is 12.2 Å². The van der Waals surface area contributed by atoms with Gasteiger partial charge in [-0.1, -0.05) is 0 Å². The SMILES string of the molecule is C#CCCCCNC(=O)c1ccn(C)n1. The molecule has 1 rings (SSSR count). The van der Waals surface area contributed by atoms with E-state index in [2.05, 4.69) is 16.3 Å². The van der Waals surface area contributed by atoms with Crippen LogP contribution in [-0.2, 0) is 7.05 Å². The Bertz CT molecular complexity index is 362. The van der Waals surface area contributed by atoms with E-state index >= 15 is 0 Å². The summed E-state index contributed by atoms with van der Waals surface area (Å²) in [4.78, 5) is 11.5. The first-order valence-corrected chi connectivity index (χ1v) is 4.95. The Labute approximate surface area is 89.7 Å². The molecule has 0 spiro atoms. The number of amides is 1. The van der Waals surface area contributed by atoms with Crippen molar-refractivity contribution < 1.29 is 4.79 Å². The summed E-state index contributed by atoms with van der Waals surface area (Å²) in [5, 5.41) is 6.79. The Kier molecular flexibility index (Phi) is 4.42. The fourth-order valence-corrected chi connectivity index (χ4v) is 1.18. The molecule has 0 aliphatic heterocycles. The molecule has 0 aromatic carbocycles. The van der Waals surface area contributed by atoms with E-state index in [1.165, 1.54) is 0 Å². The van der Waals surface area contributed by atoms with Crippen LogP contribution in [0.3, 0.4) is 0 Å². The van der Waals surface area contributed by atoms with Gasteiger partial charge in [-0.15, -0.1) is 12.3 Å². The predicted octanol–water partition coefficient (Wildman–Crippen LogP) is 0.953. The number of carbonyl (C=O) groups excluding carboxylic acids is 1. The van der Waals surface area contributed by atoms with Gasteiger partial charge >= 0.3 is 0 Å². The molecule has 0 unspecified atom stereocenters. The maximum Gasteiger partial charge on any atom is 0.271 e. The number of terminal acetylenes is 1. The molecule has 0 saturated heterocycles. The third-order valence-electron chi connectivity index (χ3n) is 1.98. The largest absolute Gasteiger partial charge is 0.351 e. The van der Waals surface area contributed by atoms with Crippen molar-refractivity contribution in [1.29, 1.82) is 0 Å². The molecule has 0 radical (unpaired) electrons. The molecule has 4 nitrogen and oxygen atoms in total. The maximum atomic E-state index is 11.5. The third-order valence-corrected chi connectivity index (χ3v) is 1.98. The third kappa shape index (κ3) is 3.86. The van der Waals surface area contributed by atoms with Crippen molar-refractivity contribution in [2.75, 3.05) is 6.54 Å². The number of aryl methyl sites for hydroxylation is 1. The van der Waals surface area contributed by atoms with Gasteiger partial charge in [-0.3, -0.25) is 9.48 Å². The van der Waals surface area contributed by atoms with Crippen molar-refractivity contribution in [1.82, 2.24) is 15.1 Å². The number of nitrogens with zero attached hydrogens (tertiary/aromatic N) is 2. The van der Waals surface area contributed by atoms with Crippen LogP contribution in [0.5, 0.6) is 0 Å². The number of rotatable bonds is 5. The molecule has 15 heavy (non-hydrogen) atoms. The van der Waals surface area contributed by atoms with E-state index in [-0.39, 0.29) is 5.91 Å². The summed E-state index contributed by atoms with van der Waals surface area (Å²) in [6.07, 6.45) is 9.47. The molecule has 80 valence electrons. The molecule has 0 aliphatic carbocycles. The van der Waals surface area contributed by atoms with Crippen molar-refractivity contribution in [2.45, 2.75) is 19.3 Å². The average molecular weight is 205 g/mol. The first-order chi connectivity index (χ1) is 7.24. The smallest absolute Gasteiger partial charge is 0.271 e. The van der Waals surface area contributed by atoms with E-state index in [9.17, 15) is 4.79 Å². The summed E-state index contributed by atoms with van der Waals surface area (Å²) in [6, 6.07) is 1.69. The number of nitrogens with one attached hydrogen (secondary N) is 1. The Hall–Kier alpha value is -1.76. The van der Waals surface area contributed by atoms with Gasteiger partial charge < -0.3 is 5.32 Å². The molecule has 0 aliphatic rings. The second-order valence-electron chi connectivity index (χ2n) is 3.29. The zero-order valence-electron chi connectivity index (χ0n) is 8.86. The van der Waals surface area contributed by atoms with Crippen LogP contribution in [-0.4, -0.2) is 22.2 Å². The topological polar surface area (TPSA) is 46.9 Å². The lowest BCUT2D eigenvalue weighted by atomic mass is 10.2. The highest BCUT2D eigenvalue weighted by atomic mass is 16.1. The summed E-state index contributed by atoms with van der Waals surface area (Å²) in [7, 11) is 1.78. The van der Waals surface area contributed by atoms with Crippen LogP contribution in [0.2, 0.25) is 0 Å². The molecule has 1 aromatic rings. The number of aromatic nitrogens is 2. The minimum Gasteiger partial charge on any atom is -0.351 e. The van der Waals surface area contributed by atoms with E-state index < -0.39 is 0 Å². The number of hydrogen-bond acceptors (Lipinski definition) is 2. The molecule has 0 atom stereocenters. The highest BCUT2D eigenvalue weighted by Crippen LogP contribution is 1.95. The number of hydrogen-bond donors (Lipinski definition) is 1. The number of carbonyl (C=O) groups is 1. The molecular weight excluding hydrogens is 190 g/mol. The minimum absolute atomic E-state index is 0.128. The lowest BCUT2D eigenvalue weighted by Crippen LogP contribution is -2.24. The van der Waals surface area contributed by atoms with Gasteiger partial charge in [0.25, 0.3) is 5.91 Å². The van der Waals surface area contributed by atoms with E-state index in [1.807, 2.05) is 0 Å². The zero-order chi connectivity index (χ0) is 11.1. The summed E-state index contributed by atoms with van der Waals surface area (Å²) < 4.78 is 1.60. The van der Waals surface area contributed by atoms with Crippen LogP contribution < -0.4 is 5.32 Å². The Morgan fingerprint density at radius 2 is 2.47 bits per heavy atom. The molecule has 4 heteroatoms. The molecule has 0 saturated carbocycles. The predicted molar refractivity (Wildman–Crippen MR) is 58.2 cm³/mol. The highest BCUT2D eigenvalue weighted by Gasteiger charge is 2.06. The van der Waals surface area contributed by atoms with E-state index in [4.69, 9.17) is 6.42 Å². The lowest BCUT2D eigenvalue weighted by Gasteiger charge is -2.01. The summed E-state index contributed by atoms with van der Waals surface area (Å²) >= 11 is 0. The van der Waals surface area contributed by atoms with Crippen molar-refractivity contribution in [3.8, 4) is 12.3 Å². The monoisotopic (exact) mass is 205 g/mol. The van der Waals surface area contributed by atoms with Gasteiger partial charge in [-0.05, 0) is 18.9 Å². The number of unbranched alkanes of at least 4 members (excludes halogenated alkanes) is 2. The fourth-order valence-electron chi connectivity index (χ4n) is 1.18. The first-order valence-electron chi connectivity index (χ1n) is 4.95. The van der Waals surface area contributed by atoms with Gasteiger partial charge in [-0.25, -0.2) is 0 Å². The molecule has 1 aromatic heterocycles. The summed E-state index contributed by atoms with van der Waals surface area (Å²) in [6.45, 7) is 0.650. The normalized spacial score (nSPS) is 9.60. The van der Waals surface area contributed by atoms with Gasteiger partial charge in [0.2, 0.25) is 0 Å². The standard InChI is InChI=1S/C11H15N3O/c1-3-4-5-6-8-12-11(15)10-7-9-14(2)13-10/h1,7,9H,4-6,8H2,2H3,(H,12,15). The van der Waals surface area contributed by atoms with Crippen LogP contribution in [0.15, 0.2) is 12.3 Å². The van der Waals surface area contributed by atoms with Crippen molar-refractivity contribution in [3.63, 3.8) is 0 Å².